The molecular weight excluding hydrogens is 636 g/mol. The summed E-state index contributed by atoms with van der Waals surface area (Å²) in [6.45, 7) is 14.6. The molecule has 1 heterocycles. The van der Waals surface area contributed by atoms with E-state index in [0.29, 0.717) is 23.3 Å². The van der Waals surface area contributed by atoms with Crippen LogP contribution >= 0.6 is 0 Å². The van der Waals surface area contributed by atoms with Crippen molar-refractivity contribution in [1.29, 1.82) is 0 Å². The molecule has 0 radical (unpaired) electrons. The Balaban J connectivity index is 2.13. The van der Waals surface area contributed by atoms with Gasteiger partial charge in [-0.2, -0.15) is 13.2 Å². The van der Waals surface area contributed by atoms with Gasteiger partial charge in [0.05, 0.1) is 18.5 Å². The zero-order valence-electron chi connectivity index (χ0n) is 29.9. The van der Waals surface area contributed by atoms with Crippen molar-refractivity contribution in [3.05, 3.63) is 83.6 Å². The first-order valence-corrected chi connectivity index (χ1v) is 17.5. The number of nitrogens with zero attached hydrogens (tertiary/aromatic N) is 1. The van der Waals surface area contributed by atoms with Gasteiger partial charge in [0.1, 0.15) is 18.2 Å². The number of hydrogen-bond donors (Lipinski definition) is 2. The van der Waals surface area contributed by atoms with Gasteiger partial charge in [0, 0.05) is 18.5 Å². The molecule has 0 aromatic carbocycles. The summed E-state index contributed by atoms with van der Waals surface area (Å²) in [4.78, 5) is 26.2. The number of rotatable bonds is 17. The number of hydrogen-bond acceptors (Lipinski definition) is 3. The monoisotopic (exact) mass is 692 g/mol. The molecule has 3 atom stereocenters. The van der Waals surface area contributed by atoms with Gasteiger partial charge in [0.25, 0.3) is 0 Å². The highest BCUT2D eigenvalue weighted by Crippen LogP contribution is 2.33. The predicted molar refractivity (Wildman–Crippen MR) is 188 cm³/mol. The molecule has 6 nitrogen and oxygen atoms in total. The molecule has 1 fully saturated rings. The number of carbonyl (C=O) groups excluding carboxylic acids is 1. The van der Waals surface area contributed by atoms with E-state index in [-0.39, 0.29) is 43.9 Å². The summed E-state index contributed by atoms with van der Waals surface area (Å²) >= 11 is 0. The van der Waals surface area contributed by atoms with Gasteiger partial charge in [-0.15, -0.1) is 6.58 Å². The lowest BCUT2D eigenvalue weighted by molar-refractivity contribution is -0.138. The molecule has 0 spiro atoms. The number of aliphatic carboxylic acids is 1. The summed E-state index contributed by atoms with van der Waals surface area (Å²) in [5.74, 6) is 0.0319. The van der Waals surface area contributed by atoms with Crippen molar-refractivity contribution in [1.82, 2.24) is 10.2 Å². The van der Waals surface area contributed by atoms with Crippen LogP contribution in [0.5, 0.6) is 0 Å². The molecule has 1 saturated heterocycles. The predicted octanol–water partition coefficient (Wildman–Crippen LogP) is 10.9. The Morgan fingerprint density at radius 1 is 1.16 bits per heavy atom. The number of allylic oxidation sites excluding steroid dienone is 11. The molecule has 0 bridgehead atoms. The summed E-state index contributed by atoms with van der Waals surface area (Å²) in [6, 6.07) is -0.465. The molecule has 2 unspecified atom stereocenters. The largest absolute Gasteiger partial charge is 0.494 e. The maximum Gasteiger partial charge on any atom is 0.392 e. The maximum absolute atomic E-state index is 14.0. The van der Waals surface area contributed by atoms with Crippen LogP contribution in [0.15, 0.2) is 83.6 Å². The fraction of sp³-hybridized carbons (Fsp3) is 0.590. The van der Waals surface area contributed by atoms with Gasteiger partial charge >= 0.3 is 18.2 Å². The number of halogens is 4. The lowest BCUT2D eigenvalue weighted by Gasteiger charge is -2.43. The van der Waals surface area contributed by atoms with Gasteiger partial charge in [0.15, 0.2) is 0 Å². The van der Waals surface area contributed by atoms with Crippen LogP contribution in [0, 0.1) is 17.8 Å². The minimum atomic E-state index is -4.50. The Kier molecular flexibility index (Phi) is 17.1. The molecule has 274 valence electrons. The number of carboxylic acid groups (broad SMARTS) is 1. The topological polar surface area (TPSA) is 78.9 Å². The molecule has 2 N–H and O–H groups in total. The van der Waals surface area contributed by atoms with Gasteiger partial charge in [-0.05, 0) is 93.9 Å². The van der Waals surface area contributed by atoms with Gasteiger partial charge in [-0.25, -0.2) is 9.18 Å². The minimum absolute atomic E-state index is 0.139. The smallest absolute Gasteiger partial charge is 0.392 e. The van der Waals surface area contributed by atoms with Crippen molar-refractivity contribution in [3.8, 4) is 0 Å². The third-order valence-corrected chi connectivity index (χ3v) is 9.06. The second-order valence-corrected chi connectivity index (χ2v) is 13.6. The van der Waals surface area contributed by atoms with E-state index in [1.807, 2.05) is 39.8 Å². The van der Waals surface area contributed by atoms with E-state index in [1.54, 1.807) is 11.0 Å². The molecular formula is C39H56F4N2O4. The number of carbonyl (C=O) groups is 2. The maximum atomic E-state index is 14.0. The first kappa shape index (κ1) is 41.6. The molecule has 2 aliphatic rings. The number of carboxylic acids is 1. The van der Waals surface area contributed by atoms with Crippen LogP contribution in [0.2, 0.25) is 0 Å². The van der Waals surface area contributed by atoms with Crippen LogP contribution in [0.25, 0.3) is 0 Å². The normalized spacial score (nSPS) is 22.1. The van der Waals surface area contributed by atoms with E-state index in [2.05, 4.69) is 37.0 Å². The number of urea groups is 1. The van der Waals surface area contributed by atoms with Gasteiger partial charge in [0.2, 0.25) is 0 Å². The average Bonchev–Trinajstić information content (AvgIpc) is 2.98. The molecule has 0 aromatic heterocycles. The van der Waals surface area contributed by atoms with E-state index in [4.69, 9.17) is 9.84 Å². The number of alkyl halides is 3. The van der Waals surface area contributed by atoms with Crippen molar-refractivity contribution in [2.75, 3.05) is 13.2 Å². The third-order valence-electron chi connectivity index (χ3n) is 9.06. The summed E-state index contributed by atoms with van der Waals surface area (Å²) < 4.78 is 59.4. The van der Waals surface area contributed by atoms with E-state index < -0.39 is 36.0 Å². The van der Waals surface area contributed by atoms with E-state index in [0.717, 1.165) is 56.6 Å². The average molecular weight is 693 g/mol. The minimum Gasteiger partial charge on any atom is -0.494 e. The summed E-state index contributed by atoms with van der Waals surface area (Å²) in [6.07, 6.45) is 14.7. The molecule has 49 heavy (non-hydrogen) atoms. The first-order chi connectivity index (χ1) is 23.1. The molecule has 0 saturated carbocycles. The van der Waals surface area contributed by atoms with Crippen molar-refractivity contribution in [3.63, 3.8) is 0 Å². The van der Waals surface area contributed by atoms with Crippen LogP contribution in [0.3, 0.4) is 0 Å². The highest BCUT2D eigenvalue weighted by Gasteiger charge is 2.39. The van der Waals surface area contributed by atoms with Crippen molar-refractivity contribution < 1.29 is 37.0 Å². The Bertz CT molecular complexity index is 1310. The second kappa shape index (κ2) is 20.2. The molecule has 10 heteroatoms. The molecule has 0 aromatic rings. The third kappa shape index (κ3) is 14.8. The van der Waals surface area contributed by atoms with E-state index in [1.165, 1.54) is 6.08 Å². The van der Waals surface area contributed by atoms with Gasteiger partial charge in [-0.1, -0.05) is 69.6 Å². The van der Waals surface area contributed by atoms with Crippen LogP contribution in [0.1, 0.15) is 105 Å². The lowest BCUT2D eigenvalue weighted by atomic mass is 9.80. The van der Waals surface area contributed by atoms with Crippen LogP contribution < -0.4 is 5.32 Å². The molecule has 1 aliphatic carbocycles. The van der Waals surface area contributed by atoms with Crippen molar-refractivity contribution in [2.24, 2.45) is 17.8 Å². The first-order valence-electron chi connectivity index (χ1n) is 17.5. The highest BCUT2D eigenvalue weighted by atomic mass is 19.4. The van der Waals surface area contributed by atoms with Crippen molar-refractivity contribution >= 4 is 12.0 Å². The summed E-state index contributed by atoms with van der Waals surface area (Å²) in [5, 5.41) is 11.9. The highest BCUT2D eigenvalue weighted by molar-refractivity contribution is 5.77. The fourth-order valence-electron chi connectivity index (χ4n) is 6.47. The second-order valence-electron chi connectivity index (χ2n) is 13.6. The Hall–Kier alpha value is -3.56. The van der Waals surface area contributed by atoms with Crippen LogP contribution in [-0.4, -0.2) is 46.9 Å². The quantitative estimate of drug-likeness (QED) is 0.0903. The molecule has 2 rings (SSSR count). The number of nitrogens with one attached hydrogen (secondary N) is 1. The Labute approximate surface area is 290 Å². The summed E-state index contributed by atoms with van der Waals surface area (Å²) in [7, 11) is 0. The van der Waals surface area contributed by atoms with E-state index >= 15 is 0 Å². The SMILES string of the molecule is C=CC(CC/C=C/C(=C/CC)/C=C1/OCCN(C(=O)NC2=CC/C=C(F)\C=C(\CC(F)(F)F)C2)C1(C)C)C(CCC)CC[C@H](C)CC(=O)O. The lowest BCUT2D eigenvalue weighted by Crippen LogP contribution is -2.57. The Morgan fingerprint density at radius 2 is 1.90 bits per heavy atom. The van der Waals surface area contributed by atoms with Gasteiger partial charge in [-0.3, -0.25) is 4.79 Å². The Morgan fingerprint density at radius 3 is 2.53 bits per heavy atom. The van der Waals surface area contributed by atoms with Crippen LogP contribution in [-0.2, 0) is 9.53 Å². The van der Waals surface area contributed by atoms with Crippen LogP contribution in [0.4, 0.5) is 22.4 Å². The fourth-order valence-corrected chi connectivity index (χ4v) is 6.47. The molecule has 2 amide bonds. The zero-order chi connectivity index (χ0) is 36.6. The summed E-state index contributed by atoms with van der Waals surface area (Å²) in [5.41, 5.74) is 0.205. The number of ether oxygens (including phenoxy) is 1. The van der Waals surface area contributed by atoms with Gasteiger partial charge < -0.3 is 20.1 Å². The zero-order valence-corrected chi connectivity index (χ0v) is 29.9. The molecule has 1 aliphatic heterocycles. The van der Waals surface area contributed by atoms with Crippen molar-refractivity contribution in [2.45, 2.75) is 117 Å². The number of amides is 2. The number of morpholine rings is 1. The van der Waals surface area contributed by atoms with E-state index in [9.17, 15) is 27.2 Å². The standard InChI is InChI=1S/C39H56F4N2O4/c1-7-13-29(15-10-11-16-31(9-3)32(14-8-2)20-19-28(4)23-36(46)47)26-35-38(5,6)45(21-22-49-35)37(48)44-34-18-12-17-33(40)24-30(25-34)27-39(41,42)43/h9-10,13,15,17-18,24,26,28,31-32H,3,7-8,11-12,14,16,19-23,25,27H2,1-2,4-6H3,(H,44,48)(H,46,47)/b15-10+,29-13-,30-24+,33-17+,34-18?,35-26+/t28-,31?,32?/m0/s1.